The van der Waals surface area contributed by atoms with Crippen molar-refractivity contribution in [3.8, 4) is 0 Å². The second-order valence-electron chi connectivity index (χ2n) is 3.94. The van der Waals surface area contributed by atoms with Gasteiger partial charge in [0.2, 0.25) is 0 Å². The van der Waals surface area contributed by atoms with Crippen LogP contribution < -0.4 is 0 Å². The van der Waals surface area contributed by atoms with Gasteiger partial charge in [0.05, 0.1) is 19.8 Å². The molecule has 1 rings (SSSR count). The van der Waals surface area contributed by atoms with E-state index >= 15 is 0 Å². The third-order valence-electron chi connectivity index (χ3n) is 2.52. The molecule has 0 unspecified atom stereocenters. The summed E-state index contributed by atoms with van der Waals surface area (Å²) in [5, 5.41) is 9.01. The fraction of sp³-hybridized carbons (Fsp3) is 0.900. The number of aliphatic hydroxyl groups is 1. The van der Waals surface area contributed by atoms with Crippen LogP contribution in [0, 0.1) is 0 Å². The van der Waals surface area contributed by atoms with Crippen LogP contribution in [0.5, 0.6) is 0 Å². The summed E-state index contributed by atoms with van der Waals surface area (Å²) >= 11 is 4.63. The molecule has 0 saturated carbocycles. The number of thiocarbonyl (C=S) groups is 1. The van der Waals surface area contributed by atoms with E-state index in [1.54, 1.807) is 0 Å². The largest absolute Gasteiger partial charge is 0.501 e. The third kappa shape index (κ3) is 6.04. The summed E-state index contributed by atoms with van der Waals surface area (Å²) in [4.78, 5) is 4.46. The molecule has 0 aromatic heterocycles. The van der Waals surface area contributed by atoms with Gasteiger partial charge in [-0.05, 0) is 38.8 Å². The average molecular weight is 232 g/mol. The van der Waals surface area contributed by atoms with E-state index in [0.29, 0.717) is 6.54 Å². The average Bonchev–Trinajstić information content (AvgIpc) is 2.18. The lowest BCUT2D eigenvalue weighted by atomic mass is 10.3. The van der Waals surface area contributed by atoms with Crippen molar-refractivity contribution < 1.29 is 9.84 Å². The van der Waals surface area contributed by atoms with Crippen molar-refractivity contribution in [1.82, 2.24) is 9.80 Å². The molecule has 0 atom stereocenters. The molecular formula is C10H20N2O2S. The van der Waals surface area contributed by atoms with E-state index in [1.165, 1.54) is 0 Å². The number of morpholine rings is 1. The monoisotopic (exact) mass is 232 g/mol. The minimum Gasteiger partial charge on any atom is -0.501 e. The van der Waals surface area contributed by atoms with Crippen LogP contribution in [0.25, 0.3) is 0 Å². The van der Waals surface area contributed by atoms with Crippen molar-refractivity contribution in [3.05, 3.63) is 0 Å². The fourth-order valence-electron chi connectivity index (χ4n) is 1.70. The maximum Gasteiger partial charge on any atom is 0.170 e. The van der Waals surface area contributed by atoms with Gasteiger partial charge in [0.15, 0.2) is 5.05 Å². The zero-order chi connectivity index (χ0) is 11.1. The summed E-state index contributed by atoms with van der Waals surface area (Å²) < 4.78 is 5.28. The highest BCUT2D eigenvalue weighted by Gasteiger charge is 2.09. The molecule has 0 amide bonds. The number of hydrogen-bond acceptors (Lipinski definition) is 4. The van der Waals surface area contributed by atoms with E-state index in [-0.39, 0.29) is 5.05 Å². The smallest absolute Gasteiger partial charge is 0.170 e. The minimum absolute atomic E-state index is 0.0730. The van der Waals surface area contributed by atoms with Gasteiger partial charge >= 0.3 is 0 Å². The Morgan fingerprint density at radius 3 is 2.73 bits per heavy atom. The SMILES string of the molecule is CN(CCCN1CCOCC1)CC(O)=S. The minimum atomic E-state index is 0.0730. The van der Waals surface area contributed by atoms with Crippen LogP contribution in [0.15, 0.2) is 0 Å². The lowest BCUT2D eigenvalue weighted by Gasteiger charge is -2.27. The molecule has 0 spiro atoms. The number of ether oxygens (including phenoxy) is 1. The van der Waals surface area contributed by atoms with Gasteiger partial charge in [0, 0.05) is 13.1 Å². The van der Waals surface area contributed by atoms with Crippen molar-refractivity contribution >= 4 is 17.3 Å². The molecule has 0 aliphatic carbocycles. The molecular weight excluding hydrogens is 212 g/mol. The number of hydrogen-bond donors (Lipinski definition) is 1. The van der Waals surface area contributed by atoms with Crippen molar-refractivity contribution in [2.45, 2.75) is 6.42 Å². The Hall–Kier alpha value is -0.230. The summed E-state index contributed by atoms with van der Waals surface area (Å²) in [6.07, 6.45) is 1.11. The first-order chi connectivity index (χ1) is 7.18. The zero-order valence-electron chi connectivity index (χ0n) is 9.31. The van der Waals surface area contributed by atoms with Crippen LogP contribution in [-0.4, -0.2) is 72.9 Å². The third-order valence-corrected chi connectivity index (χ3v) is 2.65. The van der Waals surface area contributed by atoms with Gasteiger partial charge in [0.25, 0.3) is 0 Å². The van der Waals surface area contributed by atoms with E-state index < -0.39 is 0 Å². The topological polar surface area (TPSA) is 35.9 Å². The Kier molecular flexibility index (Phi) is 6.09. The van der Waals surface area contributed by atoms with Crippen LogP contribution in [0.4, 0.5) is 0 Å². The predicted molar refractivity (Wildman–Crippen MR) is 64.6 cm³/mol. The molecule has 4 nitrogen and oxygen atoms in total. The summed E-state index contributed by atoms with van der Waals surface area (Å²) in [7, 11) is 1.97. The summed E-state index contributed by atoms with van der Waals surface area (Å²) in [6.45, 7) is 6.37. The van der Waals surface area contributed by atoms with Crippen LogP contribution in [-0.2, 0) is 4.74 Å². The van der Waals surface area contributed by atoms with Crippen molar-refractivity contribution in [1.29, 1.82) is 0 Å². The quantitative estimate of drug-likeness (QED) is 0.676. The van der Waals surface area contributed by atoms with E-state index in [2.05, 4.69) is 17.1 Å². The fourth-order valence-corrected chi connectivity index (χ4v) is 1.92. The van der Waals surface area contributed by atoms with E-state index in [9.17, 15) is 0 Å². The maximum atomic E-state index is 8.93. The highest BCUT2D eigenvalue weighted by molar-refractivity contribution is 7.80. The Bertz CT molecular complexity index is 196. The molecule has 1 aliphatic heterocycles. The van der Waals surface area contributed by atoms with Gasteiger partial charge in [-0.15, -0.1) is 0 Å². The number of nitrogens with zero attached hydrogens (tertiary/aromatic N) is 2. The van der Waals surface area contributed by atoms with Gasteiger partial charge < -0.3 is 9.84 Å². The van der Waals surface area contributed by atoms with E-state index in [1.807, 2.05) is 11.9 Å². The number of rotatable bonds is 6. The number of likely N-dealkylation sites (N-methyl/N-ethyl adjacent to an activating group) is 1. The second kappa shape index (κ2) is 7.11. The molecule has 5 heteroatoms. The Labute approximate surface area is 96.8 Å². The summed E-state index contributed by atoms with van der Waals surface area (Å²) in [5.41, 5.74) is 0. The molecule has 1 N–H and O–H groups in total. The molecule has 0 aromatic rings. The molecule has 1 saturated heterocycles. The highest BCUT2D eigenvalue weighted by Crippen LogP contribution is 1.98. The first-order valence-corrected chi connectivity index (χ1v) is 5.80. The second-order valence-corrected chi connectivity index (χ2v) is 4.41. The van der Waals surface area contributed by atoms with Gasteiger partial charge in [-0.2, -0.15) is 0 Å². The van der Waals surface area contributed by atoms with Crippen LogP contribution in [0.2, 0.25) is 0 Å². The summed E-state index contributed by atoms with van der Waals surface area (Å²) in [5.74, 6) is 0. The standard InChI is InChI=1S/C10H20N2O2S/c1-11(9-10(13)15)3-2-4-12-5-7-14-8-6-12/h2-9H2,1H3,(H,13,15). The van der Waals surface area contributed by atoms with Crippen LogP contribution >= 0.6 is 12.2 Å². The molecule has 1 fully saturated rings. The van der Waals surface area contributed by atoms with Gasteiger partial charge in [-0.25, -0.2) is 0 Å². The first-order valence-electron chi connectivity index (χ1n) is 5.39. The van der Waals surface area contributed by atoms with Gasteiger partial charge in [-0.3, -0.25) is 9.80 Å². The van der Waals surface area contributed by atoms with Crippen LogP contribution in [0.3, 0.4) is 0 Å². The van der Waals surface area contributed by atoms with Crippen molar-refractivity contribution in [2.75, 3.05) is 53.0 Å². The summed E-state index contributed by atoms with van der Waals surface area (Å²) in [6, 6.07) is 0. The van der Waals surface area contributed by atoms with Gasteiger partial charge in [0.1, 0.15) is 0 Å². The molecule has 1 heterocycles. The Morgan fingerprint density at radius 1 is 1.47 bits per heavy atom. The molecule has 0 aromatic carbocycles. The van der Waals surface area contributed by atoms with Crippen molar-refractivity contribution in [3.63, 3.8) is 0 Å². The van der Waals surface area contributed by atoms with Gasteiger partial charge in [-0.1, -0.05) is 0 Å². The van der Waals surface area contributed by atoms with E-state index in [4.69, 9.17) is 9.84 Å². The Morgan fingerprint density at radius 2 is 2.13 bits per heavy atom. The number of aliphatic hydroxyl groups excluding tert-OH is 1. The molecule has 1 aliphatic rings. The molecule has 0 radical (unpaired) electrons. The highest BCUT2D eigenvalue weighted by atomic mass is 32.1. The van der Waals surface area contributed by atoms with Crippen molar-refractivity contribution in [2.24, 2.45) is 0 Å². The predicted octanol–water partition coefficient (Wildman–Crippen LogP) is 0.526. The normalized spacial score (nSPS) is 18.3. The van der Waals surface area contributed by atoms with E-state index in [0.717, 1.165) is 45.8 Å². The van der Waals surface area contributed by atoms with Crippen LogP contribution in [0.1, 0.15) is 6.42 Å². The lowest BCUT2D eigenvalue weighted by Crippen LogP contribution is -2.38. The lowest BCUT2D eigenvalue weighted by molar-refractivity contribution is 0.0365. The molecule has 88 valence electrons. The molecule has 0 bridgehead atoms. The first kappa shape index (κ1) is 12.8. The molecule has 15 heavy (non-hydrogen) atoms. The maximum absolute atomic E-state index is 8.93. The Balaban J connectivity index is 2.02. The zero-order valence-corrected chi connectivity index (χ0v) is 10.1.